The molecular weight excluding hydrogens is 236 g/mol. The standard InChI is InChI=1S/C17H20O2/c1-12-7-13(2)9-15(8-12)11-19-17-6-4-5-16(10-17)14(3)18/h4-10,14,18H,11H2,1-3H3. The van der Waals surface area contributed by atoms with Crippen molar-refractivity contribution in [2.75, 3.05) is 0 Å². The molecule has 0 spiro atoms. The lowest BCUT2D eigenvalue weighted by Crippen LogP contribution is -1.98. The zero-order valence-corrected chi connectivity index (χ0v) is 11.7. The second kappa shape index (κ2) is 5.89. The van der Waals surface area contributed by atoms with E-state index < -0.39 is 6.10 Å². The molecule has 0 aromatic heterocycles. The van der Waals surface area contributed by atoms with E-state index in [1.54, 1.807) is 6.92 Å². The highest BCUT2D eigenvalue weighted by atomic mass is 16.5. The number of benzene rings is 2. The van der Waals surface area contributed by atoms with Gasteiger partial charge in [0.05, 0.1) is 6.10 Å². The van der Waals surface area contributed by atoms with E-state index in [1.807, 2.05) is 24.3 Å². The predicted molar refractivity (Wildman–Crippen MR) is 77.3 cm³/mol. The Bertz CT molecular complexity index is 539. The van der Waals surface area contributed by atoms with E-state index in [1.165, 1.54) is 16.7 Å². The Morgan fingerprint density at radius 2 is 1.74 bits per heavy atom. The molecular formula is C17H20O2. The zero-order chi connectivity index (χ0) is 13.8. The smallest absolute Gasteiger partial charge is 0.120 e. The van der Waals surface area contributed by atoms with Crippen LogP contribution in [0.4, 0.5) is 0 Å². The molecule has 19 heavy (non-hydrogen) atoms. The first-order valence-electron chi connectivity index (χ1n) is 6.52. The van der Waals surface area contributed by atoms with Crippen molar-refractivity contribution in [3.63, 3.8) is 0 Å². The van der Waals surface area contributed by atoms with E-state index in [4.69, 9.17) is 4.74 Å². The SMILES string of the molecule is Cc1cc(C)cc(COc2cccc(C(C)O)c2)c1. The van der Waals surface area contributed by atoms with Crippen molar-refractivity contribution in [1.29, 1.82) is 0 Å². The van der Waals surface area contributed by atoms with E-state index in [0.717, 1.165) is 11.3 Å². The molecule has 1 unspecified atom stereocenters. The molecule has 1 N–H and O–H groups in total. The molecule has 2 aromatic rings. The Morgan fingerprint density at radius 1 is 1.05 bits per heavy atom. The topological polar surface area (TPSA) is 29.5 Å². The van der Waals surface area contributed by atoms with Gasteiger partial charge in [-0.05, 0) is 44.0 Å². The normalized spacial score (nSPS) is 12.2. The van der Waals surface area contributed by atoms with E-state index in [9.17, 15) is 5.11 Å². The highest BCUT2D eigenvalue weighted by molar-refractivity contribution is 5.31. The number of aryl methyl sites for hydroxylation is 2. The maximum absolute atomic E-state index is 9.55. The Labute approximate surface area is 114 Å². The lowest BCUT2D eigenvalue weighted by molar-refractivity contribution is 0.198. The van der Waals surface area contributed by atoms with Gasteiger partial charge in [0.2, 0.25) is 0 Å². The first-order valence-corrected chi connectivity index (χ1v) is 6.52. The van der Waals surface area contributed by atoms with Crippen LogP contribution in [-0.2, 0) is 6.61 Å². The maximum atomic E-state index is 9.55. The van der Waals surface area contributed by atoms with Gasteiger partial charge in [-0.2, -0.15) is 0 Å². The van der Waals surface area contributed by atoms with Crippen LogP contribution in [0.1, 0.15) is 35.3 Å². The van der Waals surface area contributed by atoms with Crippen LogP contribution in [0.25, 0.3) is 0 Å². The molecule has 0 saturated heterocycles. The number of hydrogen-bond donors (Lipinski definition) is 1. The van der Waals surface area contributed by atoms with Crippen LogP contribution in [0.2, 0.25) is 0 Å². The molecule has 0 bridgehead atoms. The lowest BCUT2D eigenvalue weighted by Gasteiger charge is -2.10. The minimum absolute atomic E-state index is 0.468. The summed E-state index contributed by atoms with van der Waals surface area (Å²) < 4.78 is 5.78. The number of hydrogen-bond acceptors (Lipinski definition) is 2. The average Bonchev–Trinajstić information content (AvgIpc) is 2.35. The van der Waals surface area contributed by atoms with Crippen molar-refractivity contribution in [3.8, 4) is 5.75 Å². The third-order valence-corrected chi connectivity index (χ3v) is 3.03. The summed E-state index contributed by atoms with van der Waals surface area (Å²) in [5.41, 5.74) is 4.53. The fourth-order valence-electron chi connectivity index (χ4n) is 2.18. The van der Waals surface area contributed by atoms with Gasteiger partial charge in [-0.25, -0.2) is 0 Å². The van der Waals surface area contributed by atoms with E-state index in [2.05, 4.69) is 32.0 Å². The van der Waals surface area contributed by atoms with Crippen LogP contribution >= 0.6 is 0 Å². The van der Waals surface area contributed by atoms with Crippen LogP contribution in [0.3, 0.4) is 0 Å². The molecule has 0 saturated carbocycles. The van der Waals surface area contributed by atoms with Crippen LogP contribution in [0, 0.1) is 13.8 Å². The number of rotatable bonds is 4. The van der Waals surface area contributed by atoms with Crippen LogP contribution in [0.15, 0.2) is 42.5 Å². The highest BCUT2D eigenvalue weighted by Gasteiger charge is 2.03. The Morgan fingerprint density at radius 3 is 2.37 bits per heavy atom. The number of ether oxygens (including phenoxy) is 1. The largest absolute Gasteiger partial charge is 0.489 e. The quantitative estimate of drug-likeness (QED) is 0.898. The van der Waals surface area contributed by atoms with Crippen LogP contribution in [0.5, 0.6) is 5.75 Å². The zero-order valence-electron chi connectivity index (χ0n) is 11.7. The Balaban J connectivity index is 2.07. The second-order valence-electron chi connectivity index (χ2n) is 5.03. The summed E-state index contributed by atoms with van der Waals surface area (Å²) in [6.07, 6.45) is -0.468. The maximum Gasteiger partial charge on any atom is 0.120 e. The molecule has 1 atom stereocenters. The Hall–Kier alpha value is -1.80. The highest BCUT2D eigenvalue weighted by Crippen LogP contribution is 2.20. The van der Waals surface area contributed by atoms with Gasteiger partial charge in [-0.15, -0.1) is 0 Å². The van der Waals surface area contributed by atoms with Gasteiger partial charge in [0.15, 0.2) is 0 Å². The minimum atomic E-state index is -0.468. The van der Waals surface area contributed by atoms with Gasteiger partial charge >= 0.3 is 0 Å². The summed E-state index contributed by atoms with van der Waals surface area (Å²) >= 11 is 0. The molecule has 2 heteroatoms. The minimum Gasteiger partial charge on any atom is -0.489 e. The molecule has 100 valence electrons. The summed E-state index contributed by atoms with van der Waals surface area (Å²) in [6.45, 7) is 6.48. The fourth-order valence-corrected chi connectivity index (χ4v) is 2.18. The fraction of sp³-hybridized carbons (Fsp3) is 0.294. The summed E-state index contributed by atoms with van der Waals surface area (Å²) in [4.78, 5) is 0. The average molecular weight is 256 g/mol. The van der Waals surface area contributed by atoms with Crippen LogP contribution < -0.4 is 4.74 Å². The first kappa shape index (κ1) is 13.6. The van der Waals surface area contributed by atoms with Crippen molar-refractivity contribution in [3.05, 3.63) is 64.7 Å². The lowest BCUT2D eigenvalue weighted by atomic mass is 10.1. The van der Waals surface area contributed by atoms with E-state index in [-0.39, 0.29) is 0 Å². The van der Waals surface area contributed by atoms with E-state index >= 15 is 0 Å². The second-order valence-corrected chi connectivity index (χ2v) is 5.03. The van der Waals surface area contributed by atoms with Crippen molar-refractivity contribution in [2.45, 2.75) is 33.5 Å². The summed E-state index contributed by atoms with van der Waals surface area (Å²) in [7, 11) is 0. The van der Waals surface area contributed by atoms with Gasteiger partial charge < -0.3 is 9.84 Å². The number of aliphatic hydroxyl groups is 1. The molecule has 2 nitrogen and oxygen atoms in total. The van der Waals surface area contributed by atoms with Gasteiger partial charge in [0.1, 0.15) is 12.4 Å². The first-order chi connectivity index (χ1) is 9.04. The predicted octanol–water partition coefficient (Wildman–Crippen LogP) is 3.94. The number of aliphatic hydroxyl groups excluding tert-OH is 1. The van der Waals surface area contributed by atoms with Crippen LogP contribution in [-0.4, -0.2) is 5.11 Å². The molecule has 0 amide bonds. The van der Waals surface area contributed by atoms with Gasteiger partial charge in [0.25, 0.3) is 0 Å². The van der Waals surface area contributed by atoms with Gasteiger partial charge in [-0.3, -0.25) is 0 Å². The Kier molecular flexibility index (Phi) is 4.23. The van der Waals surface area contributed by atoms with Crippen molar-refractivity contribution in [1.82, 2.24) is 0 Å². The molecule has 2 aromatic carbocycles. The molecule has 0 heterocycles. The van der Waals surface area contributed by atoms with E-state index in [0.29, 0.717) is 6.61 Å². The summed E-state index contributed by atoms with van der Waals surface area (Å²) in [5.74, 6) is 0.789. The monoisotopic (exact) mass is 256 g/mol. The molecule has 0 fully saturated rings. The molecule has 2 rings (SSSR count). The van der Waals surface area contributed by atoms with Crippen molar-refractivity contribution >= 4 is 0 Å². The molecule has 0 radical (unpaired) electrons. The summed E-state index contributed by atoms with van der Waals surface area (Å²) in [6, 6.07) is 14.0. The third kappa shape index (κ3) is 3.83. The molecule has 0 aliphatic heterocycles. The molecule has 0 aliphatic rings. The van der Waals surface area contributed by atoms with Gasteiger partial charge in [0, 0.05) is 0 Å². The van der Waals surface area contributed by atoms with Gasteiger partial charge in [-0.1, -0.05) is 41.5 Å². The van der Waals surface area contributed by atoms with Crippen molar-refractivity contribution < 1.29 is 9.84 Å². The molecule has 0 aliphatic carbocycles. The summed E-state index contributed by atoms with van der Waals surface area (Å²) in [5, 5.41) is 9.55. The third-order valence-electron chi connectivity index (χ3n) is 3.03. The van der Waals surface area contributed by atoms with Crippen molar-refractivity contribution in [2.24, 2.45) is 0 Å².